The number of aryl methyl sites for hydroxylation is 2. The van der Waals surface area contributed by atoms with Gasteiger partial charge in [0.15, 0.2) is 0 Å². The molecule has 0 saturated carbocycles. The highest BCUT2D eigenvalue weighted by atomic mass is 16.5. The maximum absolute atomic E-state index is 11.8. The molecule has 0 unspecified atom stereocenters. The zero-order valence-electron chi connectivity index (χ0n) is 31.2. The van der Waals surface area contributed by atoms with Crippen LogP contribution in [-0.2, 0) is 50.7 Å². The van der Waals surface area contributed by atoms with Crippen LogP contribution >= 0.6 is 0 Å². The minimum Gasteiger partial charge on any atom is -0.497 e. The first-order valence-corrected chi connectivity index (χ1v) is 18.3. The summed E-state index contributed by atoms with van der Waals surface area (Å²) in [4.78, 5) is 27.4. The van der Waals surface area contributed by atoms with E-state index in [2.05, 4.69) is 72.8 Å². The van der Waals surface area contributed by atoms with Crippen LogP contribution < -0.4 is 9.47 Å². The highest BCUT2D eigenvalue weighted by molar-refractivity contribution is 5.76. The molecular formula is C47H45NO7. The SMILES string of the molecule is COc1ccc(C(OCc2ccc(-c3cccc(CCCc4cccc(COC(=O)CCC(=O)O)c4)c3)nc2)(c2ccccc2)c2ccc(OC)cc2)cc1. The molecule has 6 aromatic rings. The number of aliphatic carboxylic acids is 1. The topological polar surface area (TPSA) is 104 Å². The van der Waals surface area contributed by atoms with Gasteiger partial charge in [-0.3, -0.25) is 14.6 Å². The number of methoxy groups -OCH3 is 2. The number of rotatable bonds is 18. The fourth-order valence-corrected chi connectivity index (χ4v) is 6.65. The molecule has 1 aromatic heterocycles. The molecule has 0 spiro atoms. The number of carboxylic acids is 1. The van der Waals surface area contributed by atoms with Crippen LogP contribution in [0.3, 0.4) is 0 Å². The zero-order chi connectivity index (χ0) is 38.5. The Morgan fingerprint density at radius 2 is 1.20 bits per heavy atom. The van der Waals surface area contributed by atoms with E-state index in [0.29, 0.717) is 6.61 Å². The van der Waals surface area contributed by atoms with E-state index < -0.39 is 17.5 Å². The Hall–Kier alpha value is -6.25. The molecule has 1 heterocycles. The van der Waals surface area contributed by atoms with Crippen molar-refractivity contribution in [3.63, 3.8) is 0 Å². The summed E-state index contributed by atoms with van der Waals surface area (Å²) in [5.41, 5.74) is 8.15. The lowest BCUT2D eigenvalue weighted by molar-refractivity contribution is -0.148. The number of carbonyl (C=O) groups excluding carboxylic acids is 1. The lowest BCUT2D eigenvalue weighted by Gasteiger charge is -2.36. The summed E-state index contributed by atoms with van der Waals surface area (Å²) in [5.74, 6) is 0.0102. The summed E-state index contributed by atoms with van der Waals surface area (Å²) in [6.45, 7) is 0.445. The van der Waals surface area contributed by atoms with Crippen LogP contribution in [0.25, 0.3) is 11.3 Å². The van der Waals surface area contributed by atoms with Crippen LogP contribution in [0.1, 0.15) is 58.2 Å². The second kappa shape index (κ2) is 18.7. The van der Waals surface area contributed by atoms with Crippen LogP contribution in [0, 0.1) is 0 Å². The van der Waals surface area contributed by atoms with Crippen molar-refractivity contribution in [1.29, 1.82) is 0 Å². The Morgan fingerprint density at radius 1 is 0.600 bits per heavy atom. The second-order valence-corrected chi connectivity index (χ2v) is 13.3. The predicted molar refractivity (Wildman–Crippen MR) is 212 cm³/mol. The number of esters is 1. The van der Waals surface area contributed by atoms with Crippen LogP contribution in [0.15, 0.2) is 146 Å². The van der Waals surface area contributed by atoms with E-state index in [0.717, 1.165) is 75.4 Å². The van der Waals surface area contributed by atoms with Gasteiger partial charge in [0.05, 0.1) is 39.4 Å². The summed E-state index contributed by atoms with van der Waals surface area (Å²) in [6, 6.07) is 46.8. The number of hydrogen-bond acceptors (Lipinski definition) is 7. The van der Waals surface area contributed by atoms with Crippen molar-refractivity contribution in [3.8, 4) is 22.8 Å². The number of carboxylic acid groups (broad SMARTS) is 1. The number of pyridine rings is 1. The molecule has 1 N–H and O–H groups in total. The summed E-state index contributed by atoms with van der Waals surface area (Å²) < 4.78 is 23.3. The molecule has 0 atom stereocenters. The van der Waals surface area contributed by atoms with Gasteiger partial charge in [-0.05, 0) is 94.6 Å². The van der Waals surface area contributed by atoms with Gasteiger partial charge in [-0.25, -0.2) is 0 Å². The molecule has 0 aliphatic rings. The number of aromatic nitrogens is 1. The molecule has 8 nitrogen and oxygen atoms in total. The standard InChI is InChI=1S/C47H45NO7/c1-52-42-22-18-40(19-23-42)47(39-15-4-3-5-16-39,41-20-24-43(53-2)25-21-41)55-33-37-17-26-44(48-31-37)38-14-8-12-35(30-38)11-6-9-34-10-7-13-36(29-34)32-54-46(51)28-27-45(49)50/h3-5,7-8,10,12-26,29-31H,6,9,11,27-28,32-33H2,1-2H3,(H,49,50). The van der Waals surface area contributed by atoms with Crippen molar-refractivity contribution in [3.05, 3.63) is 185 Å². The molecule has 0 radical (unpaired) electrons. The summed E-state index contributed by atoms with van der Waals surface area (Å²) in [7, 11) is 3.32. The maximum atomic E-state index is 11.8. The number of carbonyl (C=O) groups is 2. The van der Waals surface area contributed by atoms with Gasteiger partial charge < -0.3 is 24.1 Å². The van der Waals surface area contributed by atoms with Crippen molar-refractivity contribution < 1.29 is 33.6 Å². The van der Waals surface area contributed by atoms with Gasteiger partial charge in [0, 0.05) is 11.8 Å². The minimum atomic E-state index is -1.02. The molecule has 0 bridgehead atoms. The molecule has 55 heavy (non-hydrogen) atoms. The first kappa shape index (κ1) is 38.5. The highest BCUT2D eigenvalue weighted by Crippen LogP contribution is 2.42. The minimum absolute atomic E-state index is 0.130. The third kappa shape index (κ3) is 10.0. The first-order valence-electron chi connectivity index (χ1n) is 18.3. The Balaban J connectivity index is 1.13. The highest BCUT2D eigenvalue weighted by Gasteiger charge is 2.38. The number of nitrogens with zero attached hydrogens (tertiary/aromatic N) is 1. The van der Waals surface area contributed by atoms with Gasteiger partial charge in [-0.1, -0.05) is 103 Å². The van der Waals surface area contributed by atoms with Crippen molar-refractivity contribution in [2.45, 2.75) is 50.9 Å². The Labute approximate surface area is 322 Å². The fraction of sp³-hybridized carbons (Fsp3) is 0.213. The number of ether oxygens (including phenoxy) is 4. The Bertz CT molecular complexity index is 2100. The van der Waals surface area contributed by atoms with Gasteiger partial charge in [0.1, 0.15) is 23.7 Å². The smallest absolute Gasteiger partial charge is 0.306 e. The normalized spacial score (nSPS) is 11.2. The molecule has 8 heteroatoms. The second-order valence-electron chi connectivity index (χ2n) is 13.3. The van der Waals surface area contributed by atoms with Crippen molar-refractivity contribution >= 4 is 11.9 Å². The third-order valence-electron chi connectivity index (χ3n) is 9.54. The van der Waals surface area contributed by atoms with Gasteiger partial charge in [-0.2, -0.15) is 0 Å². The molecular weight excluding hydrogens is 691 g/mol. The van der Waals surface area contributed by atoms with Gasteiger partial charge in [-0.15, -0.1) is 0 Å². The lowest BCUT2D eigenvalue weighted by atomic mass is 9.80. The van der Waals surface area contributed by atoms with Gasteiger partial charge in [0.2, 0.25) is 0 Å². The van der Waals surface area contributed by atoms with Gasteiger partial charge in [0.25, 0.3) is 0 Å². The first-order chi connectivity index (χ1) is 26.9. The summed E-state index contributed by atoms with van der Waals surface area (Å²) >= 11 is 0. The van der Waals surface area contributed by atoms with Crippen molar-refractivity contribution in [2.24, 2.45) is 0 Å². The van der Waals surface area contributed by atoms with E-state index in [1.54, 1.807) is 14.2 Å². The fourth-order valence-electron chi connectivity index (χ4n) is 6.65. The van der Waals surface area contributed by atoms with Crippen molar-refractivity contribution in [1.82, 2.24) is 4.98 Å². The average Bonchev–Trinajstić information content (AvgIpc) is 3.23. The quantitative estimate of drug-likeness (QED) is 0.0688. The third-order valence-corrected chi connectivity index (χ3v) is 9.54. The monoisotopic (exact) mass is 735 g/mol. The molecule has 0 fully saturated rings. The van der Waals surface area contributed by atoms with E-state index in [1.165, 1.54) is 5.56 Å². The molecule has 5 aromatic carbocycles. The number of hydrogen-bond donors (Lipinski definition) is 1. The van der Waals surface area contributed by atoms with Crippen LogP contribution in [-0.4, -0.2) is 36.2 Å². The molecule has 0 aliphatic heterocycles. The van der Waals surface area contributed by atoms with Gasteiger partial charge >= 0.3 is 11.9 Å². The average molecular weight is 736 g/mol. The van der Waals surface area contributed by atoms with Crippen molar-refractivity contribution in [2.75, 3.05) is 14.2 Å². The van der Waals surface area contributed by atoms with Crippen LogP contribution in [0.4, 0.5) is 0 Å². The predicted octanol–water partition coefficient (Wildman–Crippen LogP) is 9.36. The molecule has 0 saturated heterocycles. The largest absolute Gasteiger partial charge is 0.497 e. The Kier molecular flexibility index (Phi) is 13.1. The lowest BCUT2D eigenvalue weighted by Crippen LogP contribution is -2.32. The number of benzene rings is 5. The molecule has 0 amide bonds. The van der Waals surface area contributed by atoms with E-state index >= 15 is 0 Å². The van der Waals surface area contributed by atoms with Crippen LogP contribution in [0.2, 0.25) is 0 Å². The van der Waals surface area contributed by atoms with E-state index in [4.69, 9.17) is 29.0 Å². The van der Waals surface area contributed by atoms with E-state index in [9.17, 15) is 9.59 Å². The van der Waals surface area contributed by atoms with Crippen LogP contribution in [0.5, 0.6) is 11.5 Å². The maximum Gasteiger partial charge on any atom is 0.306 e. The summed E-state index contributed by atoms with van der Waals surface area (Å²) in [6.07, 6.45) is 4.23. The van der Waals surface area contributed by atoms with E-state index in [1.807, 2.05) is 72.9 Å². The van der Waals surface area contributed by atoms with E-state index in [-0.39, 0.29) is 19.4 Å². The molecule has 0 aliphatic carbocycles. The summed E-state index contributed by atoms with van der Waals surface area (Å²) in [5, 5.41) is 8.77. The zero-order valence-corrected chi connectivity index (χ0v) is 31.2. The molecule has 280 valence electrons. The Morgan fingerprint density at radius 3 is 1.80 bits per heavy atom. The molecule has 6 rings (SSSR count).